The lowest BCUT2D eigenvalue weighted by molar-refractivity contribution is 0.0417. The number of ether oxygens (including phenoxy) is 1. The fourth-order valence-corrected chi connectivity index (χ4v) is 5.06. The van der Waals surface area contributed by atoms with E-state index in [0.717, 1.165) is 19.4 Å². The van der Waals surface area contributed by atoms with Crippen LogP contribution in [0.2, 0.25) is 0 Å². The average molecular weight is 352 g/mol. The van der Waals surface area contributed by atoms with Crippen molar-refractivity contribution in [2.45, 2.75) is 76.3 Å². The molecular weight excluding hydrogens is 314 g/mol. The molecule has 2 heterocycles. The van der Waals surface area contributed by atoms with E-state index in [-0.39, 0.29) is 6.03 Å². The molecule has 25 heavy (non-hydrogen) atoms. The molecule has 5 nitrogen and oxygen atoms in total. The number of urea groups is 1. The lowest BCUT2D eigenvalue weighted by atomic mass is 9.83. The van der Waals surface area contributed by atoms with E-state index in [2.05, 4.69) is 10.2 Å². The Hall–Kier alpha value is -0.810. The SMILES string of the molecule is COCCN(C[C@@H]1CCCN2CCCC[C@H]12)C(=O)NC1CCCCC1. The van der Waals surface area contributed by atoms with Gasteiger partial charge >= 0.3 is 6.03 Å². The molecule has 1 aliphatic carbocycles. The van der Waals surface area contributed by atoms with Crippen LogP contribution in [-0.2, 0) is 4.74 Å². The summed E-state index contributed by atoms with van der Waals surface area (Å²) in [5.41, 5.74) is 0. The Morgan fingerprint density at radius 1 is 1.04 bits per heavy atom. The molecule has 0 aromatic rings. The third-order valence-corrected chi connectivity index (χ3v) is 6.47. The second kappa shape index (κ2) is 9.77. The Kier molecular flexibility index (Phi) is 7.41. The first kappa shape index (κ1) is 19.0. The Balaban J connectivity index is 1.57. The van der Waals surface area contributed by atoms with Crippen LogP contribution in [0.3, 0.4) is 0 Å². The van der Waals surface area contributed by atoms with Gasteiger partial charge in [-0.2, -0.15) is 0 Å². The van der Waals surface area contributed by atoms with Crippen LogP contribution >= 0.6 is 0 Å². The quantitative estimate of drug-likeness (QED) is 0.799. The van der Waals surface area contributed by atoms with Crippen molar-refractivity contribution < 1.29 is 9.53 Å². The van der Waals surface area contributed by atoms with E-state index in [9.17, 15) is 4.79 Å². The summed E-state index contributed by atoms with van der Waals surface area (Å²) in [6, 6.07) is 1.20. The standard InChI is InChI=1S/C20H37N3O2/c1-25-15-14-23(20(24)21-18-9-3-2-4-10-18)16-17-8-7-13-22-12-6-5-11-19(17)22/h17-19H,2-16H2,1H3,(H,21,24)/t17-,19+/m0/s1. The normalized spacial score (nSPS) is 28.4. The molecule has 1 saturated carbocycles. The molecule has 3 rings (SSSR count). The molecule has 2 amide bonds. The minimum Gasteiger partial charge on any atom is -0.383 e. The Labute approximate surface area is 153 Å². The maximum atomic E-state index is 12.9. The molecule has 2 aliphatic heterocycles. The van der Waals surface area contributed by atoms with E-state index >= 15 is 0 Å². The number of hydrogen-bond donors (Lipinski definition) is 1. The van der Waals surface area contributed by atoms with Gasteiger partial charge in [-0.25, -0.2) is 4.79 Å². The Morgan fingerprint density at radius 2 is 1.80 bits per heavy atom. The molecule has 0 spiro atoms. The maximum Gasteiger partial charge on any atom is 0.317 e. The first-order valence-corrected chi connectivity index (χ1v) is 10.6. The molecule has 2 atom stereocenters. The fraction of sp³-hybridized carbons (Fsp3) is 0.950. The van der Waals surface area contributed by atoms with E-state index in [1.165, 1.54) is 64.5 Å². The van der Waals surface area contributed by atoms with Crippen LogP contribution in [-0.4, -0.2) is 67.8 Å². The van der Waals surface area contributed by atoms with Gasteiger partial charge in [0.25, 0.3) is 0 Å². The zero-order valence-electron chi connectivity index (χ0n) is 16.0. The zero-order valence-corrected chi connectivity index (χ0v) is 16.0. The van der Waals surface area contributed by atoms with Gasteiger partial charge in [-0.15, -0.1) is 0 Å². The lowest BCUT2D eigenvalue weighted by Gasteiger charge is -2.45. The van der Waals surface area contributed by atoms with E-state index in [4.69, 9.17) is 4.74 Å². The van der Waals surface area contributed by atoms with E-state index < -0.39 is 0 Å². The van der Waals surface area contributed by atoms with Crippen molar-refractivity contribution in [1.29, 1.82) is 0 Å². The third kappa shape index (κ3) is 5.33. The van der Waals surface area contributed by atoms with Gasteiger partial charge < -0.3 is 19.9 Å². The fourth-order valence-electron chi connectivity index (χ4n) is 5.06. The highest BCUT2D eigenvalue weighted by Gasteiger charge is 2.34. The molecule has 2 saturated heterocycles. The van der Waals surface area contributed by atoms with Gasteiger partial charge in [-0.1, -0.05) is 25.7 Å². The molecule has 0 unspecified atom stereocenters. The number of hydrogen-bond acceptors (Lipinski definition) is 3. The van der Waals surface area contributed by atoms with Crippen LogP contribution in [0.1, 0.15) is 64.2 Å². The summed E-state index contributed by atoms with van der Waals surface area (Å²) < 4.78 is 5.28. The highest BCUT2D eigenvalue weighted by atomic mass is 16.5. The van der Waals surface area contributed by atoms with Gasteiger partial charge in [-0.05, 0) is 57.5 Å². The van der Waals surface area contributed by atoms with Crippen molar-refractivity contribution in [1.82, 2.24) is 15.1 Å². The van der Waals surface area contributed by atoms with Gasteiger partial charge in [0.05, 0.1) is 6.61 Å². The summed E-state index contributed by atoms with van der Waals surface area (Å²) in [5, 5.41) is 3.31. The van der Waals surface area contributed by atoms with Gasteiger partial charge in [0, 0.05) is 32.3 Å². The van der Waals surface area contributed by atoms with E-state index in [1.807, 2.05) is 4.90 Å². The molecule has 3 fully saturated rings. The van der Waals surface area contributed by atoms with Gasteiger partial charge in [0.2, 0.25) is 0 Å². The number of amides is 2. The predicted octanol–water partition coefficient (Wildman–Crippen LogP) is 3.24. The number of rotatable bonds is 6. The molecule has 0 aromatic carbocycles. The molecule has 3 aliphatic rings. The zero-order chi connectivity index (χ0) is 17.5. The Bertz CT molecular complexity index is 410. The summed E-state index contributed by atoms with van der Waals surface area (Å²) in [6.45, 7) is 4.74. The number of methoxy groups -OCH3 is 1. The third-order valence-electron chi connectivity index (χ3n) is 6.47. The van der Waals surface area contributed by atoms with Crippen LogP contribution in [0.5, 0.6) is 0 Å². The highest BCUT2D eigenvalue weighted by Crippen LogP contribution is 2.31. The van der Waals surface area contributed by atoms with Crippen LogP contribution in [0.15, 0.2) is 0 Å². The molecular formula is C20H37N3O2. The number of piperidine rings is 2. The van der Waals surface area contributed by atoms with Gasteiger partial charge in [0.1, 0.15) is 0 Å². The smallest absolute Gasteiger partial charge is 0.317 e. The summed E-state index contributed by atoms with van der Waals surface area (Å²) in [4.78, 5) is 17.6. The van der Waals surface area contributed by atoms with Gasteiger partial charge in [0.15, 0.2) is 0 Å². The number of carbonyl (C=O) groups is 1. The average Bonchev–Trinajstić information content (AvgIpc) is 2.66. The first-order valence-electron chi connectivity index (χ1n) is 10.6. The molecule has 0 bridgehead atoms. The van der Waals surface area contributed by atoms with Crippen molar-refractivity contribution in [3.05, 3.63) is 0 Å². The van der Waals surface area contributed by atoms with Crippen LogP contribution < -0.4 is 5.32 Å². The lowest BCUT2D eigenvalue weighted by Crippen LogP contribution is -2.54. The minimum atomic E-state index is 0.136. The highest BCUT2D eigenvalue weighted by molar-refractivity contribution is 5.74. The molecule has 0 radical (unpaired) electrons. The van der Waals surface area contributed by atoms with Crippen molar-refractivity contribution in [2.24, 2.45) is 5.92 Å². The summed E-state index contributed by atoms with van der Waals surface area (Å²) in [7, 11) is 1.72. The number of nitrogens with zero attached hydrogens (tertiary/aromatic N) is 2. The van der Waals surface area contributed by atoms with E-state index in [1.54, 1.807) is 7.11 Å². The van der Waals surface area contributed by atoms with Crippen molar-refractivity contribution in [2.75, 3.05) is 39.9 Å². The number of nitrogens with one attached hydrogen (secondary N) is 1. The van der Waals surface area contributed by atoms with Crippen LogP contribution in [0.25, 0.3) is 0 Å². The number of carbonyl (C=O) groups excluding carboxylic acids is 1. The van der Waals surface area contributed by atoms with Gasteiger partial charge in [-0.3, -0.25) is 0 Å². The minimum absolute atomic E-state index is 0.136. The molecule has 1 N–H and O–H groups in total. The number of fused-ring (bicyclic) bond motifs is 1. The second-order valence-electron chi connectivity index (χ2n) is 8.22. The molecule has 5 heteroatoms. The second-order valence-corrected chi connectivity index (χ2v) is 8.22. The summed E-state index contributed by atoms with van der Waals surface area (Å²) in [6.07, 6.45) is 12.7. The largest absolute Gasteiger partial charge is 0.383 e. The summed E-state index contributed by atoms with van der Waals surface area (Å²) in [5.74, 6) is 0.628. The van der Waals surface area contributed by atoms with Crippen LogP contribution in [0, 0.1) is 5.92 Å². The summed E-state index contributed by atoms with van der Waals surface area (Å²) >= 11 is 0. The maximum absolute atomic E-state index is 12.9. The first-order chi connectivity index (χ1) is 12.3. The van der Waals surface area contributed by atoms with Crippen LogP contribution in [0.4, 0.5) is 4.79 Å². The Morgan fingerprint density at radius 3 is 2.60 bits per heavy atom. The molecule has 0 aromatic heterocycles. The monoisotopic (exact) mass is 351 g/mol. The van der Waals surface area contributed by atoms with Crippen molar-refractivity contribution in [3.8, 4) is 0 Å². The topological polar surface area (TPSA) is 44.8 Å². The van der Waals surface area contributed by atoms with E-state index in [0.29, 0.717) is 31.2 Å². The predicted molar refractivity (Wildman–Crippen MR) is 101 cm³/mol. The molecule has 144 valence electrons. The van der Waals surface area contributed by atoms with Crippen molar-refractivity contribution >= 4 is 6.03 Å². The van der Waals surface area contributed by atoms with Crippen molar-refractivity contribution in [3.63, 3.8) is 0 Å².